The summed E-state index contributed by atoms with van der Waals surface area (Å²) in [5, 5.41) is 0. The average molecular weight is 527 g/mol. The van der Waals surface area contributed by atoms with Crippen molar-refractivity contribution in [2.75, 3.05) is 6.61 Å². The Morgan fingerprint density at radius 1 is 1.36 bits per heavy atom. The summed E-state index contributed by atoms with van der Waals surface area (Å²) in [6.45, 7) is 2.57. The highest BCUT2D eigenvalue weighted by molar-refractivity contribution is 14.1. The smallest absolute Gasteiger partial charge is 0.274 e. The Labute approximate surface area is 169 Å². The SMILES string of the molecule is CCOc1c(Br)cc(C=c2sc3nc4ccccc4n3c2=O)cc1I. The second-order valence-electron chi connectivity index (χ2n) is 5.38. The molecular weight excluding hydrogens is 515 g/mol. The van der Waals surface area contributed by atoms with Crippen molar-refractivity contribution in [1.29, 1.82) is 0 Å². The largest absolute Gasteiger partial charge is 0.492 e. The summed E-state index contributed by atoms with van der Waals surface area (Å²) in [6.07, 6.45) is 1.90. The van der Waals surface area contributed by atoms with E-state index in [0.717, 1.165) is 35.4 Å². The van der Waals surface area contributed by atoms with Gasteiger partial charge in [-0.3, -0.25) is 4.79 Å². The number of halogens is 2. The van der Waals surface area contributed by atoms with Crippen LogP contribution in [0.25, 0.3) is 22.1 Å². The molecule has 7 heteroatoms. The van der Waals surface area contributed by atoms with Crippen molar-refractivity contribution in [3.8, 4) is 5.75 Å². The molecule has 4 rings (SSSR count). The summed E-state index contributed by atoms with van der Waals surface area (Å²) in [4.78, 5) is 18.1. The highest BCUT2D eigenvalue weighted by Crippen LogP contribution is 2.32. The van der Waals surface area contributed by atoms with Crippen molar-refractivity contribution in [2.24, 2.45) is 0 Å². The molecule has 0 N–H and O–H groups in total. The van der Waals surface area contributed by atoms with Crippen LogP contribution in [-0.4, -0.2) is 16.0 Å². The Balaban J connectivity index is 1.90. The molecule has 0 radical (unpaired) electrons. The minimum atomic E-state index is -0.0336. The molecule has 0 atom stereocenters. The molecule has 0 amide bonds. The van der Waals surface area contributed by atoms with Gasteiger partial charge >= 0.3 is 0 Å². The second kappa shape index (κ2) is 6.69. The first-order chi connectivity index (χ1) is 12.1. The monoisotopic (exact) mass is 526 g/mol. The van der Waals surface area contributed by atoms with E-state index in [9.17, 15) is 4.79 Å². The van der Waals surface area contributed by atoms with Crippen molar-refractivity contribution in [3.63, 3.8) is 0 Å². The molecule has 4 aromatic rings. The van der Waals surface area contributed by atoms with E-state index in [0.29, 0.717) is 11.1 Å². The minimum absolute atomic E-state index is 0.0336. The summed E-state index contributed by atoms with van der Waals surface area (Å²) < 4.78 is 9.87. The van der Waals surface area contributed by atoms with Crippen molar-refractivity contribution in [2.45, 2.75) is 6.92 Å². The second-order valence-corrected chi connectivity index (χ2v) is 8.41. The van der Waals surface area contributed by atoms with Gasteiger partial charge in [-0.1, -0.05) is 23.5 Å². The van der Waals surface area contributed by atoms with Crippen LogP contribution in [-0.2, 0) is 0 Å². The molecular formula is C18H12BrIN2O2S. The molecule has 0 aliphatic heterocycles. The van der Waals surface area contributed by atoms with Crippen LogP contribution >= 0.6 is 49.9 Å². The number of rotatable bonds is 3. The van der Waals surface area contributed by atoms with Crippen molar-refractivity contribution < 1.29 is 4.74 Å². The third kappa shape index (κ3) is 2.98. The van der Waals surface area contributed by atoms with Gasteiger partial charge < -0.3 is 4.74 Å². The number of hydrogen-bond acceptors (Lipinski definition) is 4. The Kier molecular flexibility index (Phi) is 4.55. The molecule has 0 saturated heterocycles. The van der Waals surface area contributed by atoms with E-state index in [2.05, 4.69) is 43.5 Å². The van der Waals surface area contributed by atoms with Gasteiger partial charge in [-0.15, -0.1) is 0 Å². The zero-order chi connectivity index (χ0) is 17.6. The minimum Gasteiger partial charge on any atom is -0.492 e. The number of benzene rings is 2. The fourth-order valence-electron chi connectivity index (χ4n) is 2.71. The van der Waals surface area contributed by atoms with Crippen LogP contribution in [0.4, 0.5) is 0 Å². The van der Waals surface area contributed by atoms with Gasteiger partial charge in [0.2, 0.25) is 0 Å². The topological polar surface area (TPSA) is 43.6 Å². The summed E-state index contributed by atoms with van der Waals surface area (Å²) in [5.74, 6) is 0.828. The van der Waals surface area contributed by atoms with Crippen LogP contribution in [0.5, 0.6) is 5.75 Å². The number of ether oxygens (including phenoxy) is 1. The maximum absolute atomic E-state index is 12.8. The van der Waals surface area contributed by atoms with E-state index < -0.39 is 0 Å². The van der Waals surface area contributed by atoms with E-state index in [-0.39, 0.29) is 5.56 Å². The predicted molar refractivity (Wildman–Crippen MR) is 114 cm³/mol. The van der Waals surface area contributed by atoms with Crippen LogP contribution in [0.15, 0.2) is 45.7 Å². The van der Waals surface area contributed by atoms with E-state index in [4.69, 9.17) is 4.74 Å². The van der Waals surface area contributed by atoms with Crippen LogP contribution in [0.3, 0.4) is 0 Å². The summed E-state index contributed by atoms with van der Waals surface area (Å²) >= 11 is 7.20. The van der Waals surface area contributed by atoms with Crippen LogP contribution in [0.2, 0.25) is 0 Å². The van der Waals surface area contributed by atoms with Gasteiger partial charge in [0, 0.05) is 0 Å². The lowest BCUT2D eigenvalue weighted by atomic mass is 10.2. The number of imidazole rings is 1. The first-order valence-electron chi connectivity index (χ1n) is 7.62. The van der Waals surface area contributed by atoms with Gasteiger partial charge in [-0.05, 0) is 81.3 Å². The average Bonchev–Trinajstić information content (AvgIpc) is 3.08. The third-order valence-corrected chi connectivity index (χ3v) is 6.11. The molecule has 4 nitrogen and oxygen atoms in total. The maximum Gasteiger partial charge on any atom is 0.274 e. The predicted octanol–water partition coefficient (Wildman–Crippen LogP) is 4.22. The molecule has 2 aromatic heterocycles. The molecule has 2 aromatic carbocycles. The third-order valence-electron chi connectivity index (χ3n) is 3.75. The number of aromatic nitrogens is 2. The molecule has 126 valence electrons. The van der Waals surface area contributed by atoms with Crippen LogP contribution in [0, 0.1) is 3.57 Å². The zero-order valence-electron chi connectivity index (χ0n) is 13.1. The Morgan fingerprint density at radius 3 is 2.92 bits per heavy atom. The summed E-state index contributed by atoms with van der Waals surface area (Å²) in [5.41, 5.74) is 2.61. The molecule has 0 aliphatic rings. The standard InChI is InChI=1S/C18H12BrIN2O2S/c1-2-24-16-11(19)7-10(8-12(16)20)9-15-17(23)22-14-6-4-3-5-13(14)21-18(22)25-15/h3-9H,2H2,1H3. The van der Waals surface area contributed by atoms with Gasteiger partial charge in [0.05, 0.1) is 30.2 Å². The molecule has 0 aliphatic carbocycles. The van der Waals surface area contributed by atoms with E-state index >= 15 is 0 Å². The Hall–Kier alpha value is -1.45. The Bertz CT molecular complexity index is 1190. The molecule has 2 heterocycles. The first-order valence-corrected chi connectivity index (χ1v) is 10.3. The van der Waals surface area contributed by atoms with Crippen molar-refractivity contribution in [1.82, 2.24) is 9.38 Å². The molecule has 0 spiro atoms. The molecule has 0 saturated carbocycles. The van der Waals surface area contributed by atoms with Gasteiger partial charge in [0.1, 0.15) is 5.75 Å². The summed E-state index contributed by atoms with van der Waals surface area (Å²) in [6, 6.07) is 11.7. The summed E-state index contributed by atoms with van der Waals surface area (Å²) in [7, 11) is 0. The number of thiazole rings is 1. The van der Waals surface area contributed by atoms with E-state index in [1.54, 1.807) is 4.40 Å². The fraction of sp³-hybridized carbons (Fsp3) is 0.111. The number of hydrogen-bond donors (Lipinski definition) is 0. The van der Waals surface area contributed by atoms with Gasteiger partial charge in [-0.2, -0.15) is 0 Å². The number of nitrogens with zero attached hydrogens (tertiary/aromatic N) is 2. The quantitative estimate of drug-likeness (QED) is 0.375. The molecule has 0 fully saturated rings. The zero-order valence-corrected chi connectivity index (χ0v) is 17.7. The maximum atomic E-state index is 12.8. The van der Waals surface area contributed by atoms with E-state index in [1.807, 2.05) is 49.4 Å². The van der Waals surface area contributed by atoms with Crippen molar-refractivity contribution in [3.05, 3.63) is 64.9 Å². The number of fused-ring (bicyclic) bond motifs is 3. The molecule has 0 unspecified atom stereocenters. The van der Waals surface area contributed by atoms with Gasteiger partial charge in [0.15, 0.2) is 4.96 Å². The lowest BCUT2D eigenvalue weighted by Gasteiger charge is -2.09. The number of para-hydroxylation sites is 2. The molecule has 0 bridgehead atoms. The lowest BCUT2D eigenvalue weighted by molar-refractivity contribution is 0.335. The highest BCUT2D eigenvalue weighted by atomic mass is 127. The lowest BCUT2D eigenvalue weighted by Crippen LogP contribution is -2.22. The van der Waals surface area contributed by atoms with E-state index in [1.165, 1.54) is 11.3 Å². The van der Waals surface area contributed by atoms with Gasteiger partial charge in [0.25, 0.3) is 5.56 Å². The van der Waals surface area contributed by atoms with Crippen LogP contribution < -0.4 is 14.8 Å². The van der Waals surface area contributed by atoms with Gasteiger partial charge in [-0.25, -0.2) is 9.38 Å². The Morgan fingerprint density at radius 2 is 2.16 bits per heavy atom. The fourth-order valence-corrected chi connectivity index (χ4v) is 5.46. The van der Waals surface area contributed by atoms with Crippen molar-refractivity contribution >= 4 is 71.9 Å². The first kappa shape index (κ1) is 17.0. The highest BCUT2D eigenvalue weighted by Gasteiger charge is 2.12. The molecule has 25 heavy (non-hydrogen) atoms. The van der Waals surface area contributed by atoms with Crippen LogP contribution in [0.1, 0.15) is 12.5 Å². The normalized spacial score (nSPS) is 12.4.